The average molecular weight is 860 g/mol. The van der Waals surface area contributed by atoms with Gasteiger partial charge in [0, 0.05) is 11.5 Å². The molecule has 58 heavy (non-hydrogen) atoms. The Bertz CT molecular complexity index is 2350. The molecule has 1 amide bonds. The Balaban J connectivity index is 1.70. The third-order valence-corrected chi connectivity index (χ3v) is 11.1. The van der Waals surface area contributed by atoms with E-state index in [0.29, 0.717) is 10.7 Å². The number of aryl methyl sites for hydroxylation is 1. The van der Waals surface area contributed by atoms with E-state index in [-0.39, 0.29) is 49.7 Å². The van der Waals surface area contributed by atoms with Gasteiger partial charge in [-0.05, 0) is 43.9 Å². The Labute approximate surface area is 334 Å². The molecule has 0 saturated heterocycles. The van der Waals surface area contributed by atoms with Gasteiger partial charge < -0.3 is 4.55 Å². The molecule has 4 aromatic rings. The number of carbonyl (C=O) groups is 1. The summed E-state index contributed by atoms with van der Waals surface area (Å²) in [7, 11) is 2.91. The van der Waals surface area contributed by atoms with Crippen molar-refractivity contribution >= 4 is 52.5 Å². The molecular weight excluding hydrogens is 827 g/mol. The summed E-state index contributed by atoms with van der Waals surface area (Å²) in [5, 5.41) is 8.92. The fraction of sp³-hybridized carbons (Fsp3) is 0.368. The van der Waals surface area contributed by atoms with Crippen LogP contribution in [0.15, 0.2) is 53.7 Å². The zero-order valence-corrected chi connectivity index (χ0v) is 32.7. The van der Waals surface area contributed by atoms with Gasteiger partial charge in [0.15, 0.2) is 4.75 Å². The Hall–Kier alpha value is -4.54. The summed E-state index contributed by atoms with van der Waals surface area (Å²) in [6.07, 6.45) is -10.5. The Morgan fingerprint density at radius 1 is 1.07 bits per heavy atom. The number of benzene rings is 2. The fourth-order valence-electron chi connectivity index (χ4n) is 6.34. The van der Waals surface area contributed by atoms with Crippen LogP contribution in [0.4, 0.5) is 43.9 Å². The van der Waals surface area contributed by atoms with Crippen LogP contribution in [0, 0.1) is 30.4 Å². The molecule has 2 aromatic heterocycles. The van der Waals surface area contributed by atoms with Gasteiger partial charge in [-0.3, -0.25) is 4.68 Å². The van der Waals surface area contributed by atoms with E-state index in [1.54, 1.807) is 13.8 Å². The number of amides is 1. The molecule has 308 valence electrons. The van der Waals surface area contributed by atoms with Crippen LogP contribution < -0.4 is 10.6 Å². The molecule has 1 aliphatic carbocycles. The van der Waals surface area contributed by atoms with Crippen LogP contribution in [0.25, 0.3) is 22.0 Å². The molecule has 0 fully saturated rings. The van der Waals surface area contributed by atoms with Crippen molar-refractivity contribution in [3.05, 3.63) is 93.0 Å². The van der Waals surface area contributed by atoms with Crippen molar-refractivity contribution in [3.8, 4) is 23.0 Å². The topological polar surface area (TPSA) is 94.9 Å². The van der Waals surface area contributed by atoms with Crippen LogP contribution in [0.2, 0.25) is 5.02 Å². The first-order chi connectivity index (χ1) is 26.8. The number of allylic oxidation sites excluding steroid dienone is 2. The Kier molecular flexibility index (Phi) is 12.8. The second-order valence-corrected chi connectivity index (χ2v) is 16.3. The van der Waals surface area contributed by atoms with Gasteiger partial charge in [0.25, 0.3) is 0 Å². The van der Waals surface area contributed by atoms with E-state index in [4.69, 9.17) is 11.6 Å². The third-order valence-electron chi connectivity index (χ3n) is 9.29. The van der Waals surface area contributed by atoms with E-state index < -0.39 is 107 Å². The van der Waals surface area contributed by atoms with E-state index in [9.17, 15) is 53.3 Å². The van der Waals surface area contributed by atoms with Crippen molar-refractivity contribution in [1.82, 2.24) is 25.4 Å². The zero-order valence-electron chi connectivity index (χ0n) is 31.1. The minimum atomic E-state index is -5.05. The van der Waals surface area contributed by atoms with Gasteiger partial charge in [0.05, 0.1) is 17.0 Å². The van der Waals surface area contributed by atoms with Gasteiger partial charge in [-0.2, -0.15) is 18.3 Å². The van der Waals surface area contributed by atoms with E-state index in [0.717, 1.165) is 12.1 Å². The van der Waals surface area contributed by atoms with Crippen LogP contribution in [0.5, 0.6) is 0 Å². The summed E-state index contributed by atoms with van der Waals surface area (Å²) in [5.74, 6) is -1.27. The number of alkyl halides is 8. The van der Waals surface area contributed by atoms with E-state index in [1.807, 2.05) is 0 Å². The molecule has 0 aliphatic heterocycles. The molecule has 2 unspecified atom stereocenters. The second-order valence-electron chi connectivity index (χ2n) is 14.0. The van der Waals surface area contributed by atoms with Gasteiger partial charge in [-0.25, -0.2) is 8.78 Å². The third kappa shape index (κ3) is 10.2. The number of rotatable bonds is 11. The number of fused-ring (bicyclic) bond motifs is 1. The minimum absolute atomic E-state index is 0.00341. The molecule has 0 radical (unpaired) electrons. The molecule has 20 heteroatoms. The van der Waals surface area contributed by atoms with Gasteiger partial charge in [-0.15, -0.1) is 0 Å². The predicted octanol–water partition coefficient (Wildman–Crippen LogP) is 7.72. The van der Waals surface area contributed by atoms with Crippen molar-refractivity contribution in [2.45, 2.75) is 75.6 Å². The monoisotopic (exact) mass is 859 g/mol. The fourth-order valence-corrected chi connectivity index (χ4v) is 6.83. The van der Waals surface area contributed by atoms with Crippen LogP contribution >= 0.6 is 11.6 Å². The standard InChI is InChI=1S/C38H33BClF10N5O2S/c1-19-30-27(40)8-7-25(32(30)55(54-19)18-37(45,46)47)24-6-5-23(9-11-35(2,3)58(4)57)52-31(24)28(15-20-13-21(41)16-22(42)14-20)53-29(56)17-51-34-26(10-12-36(34,43)44)33(39)38(48,49)50/h5-8,13-14,16,28,39,51H,10,12,15,17-18H2,1-4H3,(H,53,56). The summed E-state index contributed by atoms with van der Waals surface area (Å²) in [6.45, 7) is 2.05. The summed E-state index contributed by atoms with van der Waals surface area (Å²) in [6, 6.07) is 6.56. The van der Waals surface area contributed by atoms with E-state index in [1.165, 1.54) is 37.4 Å². The Morgan fingerprint density at radius 3 is 2.31 bits per heavy atom. The average Bonchev–Trinajstić information content (AvgIpc) is 3.58. The quantitative estimate of drug-likeness (QED) is 0.0698. The molecule has 0 saturated carbocycles. The number of hydrogen-bond acceptors (Lipinski definition) is 5. The molecule has 2 heterocycles. The first kappa shape index (κ1) is 44.6. The molecule has 0 bridgehead atoms. The molecule has 7 nitrogen and oxygen atoms in total. The maximum absolute atomic E-state index is 14.9. The number of halogens is 11. The van der Waals surface area contributed by atoms with Crippen LogP contribution in [0.3, 0.4) is 0 Å². The van der Waals surface area contributed by atoms with Crippen LogP contribution in [0.1, 0.15) is 55.4 Å². The molecular formula is C38H33BClF10N5O2S. The van der Waals surface area contributed by atoms with E-state index >= 15 is 0 Å². The van der Waals surface area contributed by atoms with Crippen LogP contribution in [-0.4, -0.2) is 74.0 Å². The first-order valence-electron chi connectivity index (χ1n) is 17.2. The molecule has 1 aliphatic rings. The maximum atomic E-state index is 14.9. The zero-order chi connectivity index (χ0) is 43.1. The van der Waals surface area contributed by atoms with Gasteiger partial charge in [0.1, 0.15) is 6.54 Å². The first-order valence-corrected chi connectivity index (χ1v) is 19.2. The molecule has 5 rings (SSSR count). The SMILES string of the molecule is B=C(C1=C(NCC(=O)NC(Cc2cc(F)cc(F)c2)c2nc(C#CC(C)(C)[S+](C)[O-])ccc2-c2ccc(Cl)c3c(C)nn(CC(F)(F)F)c23)C(F)(F)CC1)C(F)(F)F. The molecule has 2 aromatic carbocycles. The van der Waals surface area contributed by atoms with Crippen molar-refractivity contribution in [2.24, 2.45) is 0 Å². The number of carbonyl (C=O) groups excluding carboxylic acids is 1. The second kappa shape index (κ2) is 16.6. The summed E-state index contributed by atoms with van der Waals surface area (Å²) < 4.78 is 153. The molecule has 2 atom stereocenters. The van der Waals surface area contributed by atoms with Crippen molar-refractivity contribution < 1.29 is 53.3 Å². The van der Waals surface area contributed by atoms with Crippen molar-refractivity contribution in [1.29, 1.82) is 0 Å². The van der Waals surface area contributed by atoms with Gasteiger partial charge in [-0.1, -0.05) is 11.6 Å². The Morgan fingerprint density at radius 2 is 1.71 bits per heavy atom. The summed E-state index contributed by atoms with van der Waals surface area (Å²) in [5.41, 5.74) is -3.54. The van der Waals surface area contributed by atoms with Crippen molar-refractivity contribution in [3.63, 3.8) is 0 Å². The normalized spacial score (nSPS) is 15.6. The number of nitrogens with one attached hydrogen (secondary N) is 2. The number of aromatic nitrogens is 3. The van der Waals surface area contributed by atoms with Crippen LogP contribution in [-0.2, 0) is 28.9 Å². The molecule has 2 N–H and O–H groups in total. The number of pyridine rings is 1. The predicted molar refractivity (Wildman–Crippen MR) is 202 cm³/mol. The number of hydrogen-bond donors (Lipinski definition) is 2. The number of nitrogens with zero attached hydrogens (tertiary/aromatic N) is 3. The molecule has 0 spiro atoms. The summed E-state index contributed by atoms with van der Waals surface area (Å²) >= 11 is 5.00. The van der Waals surface area contributed by atoms with E-state index in [2.05, 4.69) is 40.0 Å². The van der Waals surface area contributed by atoms with Gasteiger partial charge >= 0.3 is 204 Å². The summed E-state index contributed by atoms with van der Waals surface area (Å²) in [4.78, 5) is 18.3. The van der Waals surface area contributed by atoms with Crippen molar-refractivity contribution in [2.75, 3.05) is 12.8 Å². The van der Waals surface area contributed by atoms with Gasteiger partial charge in [0.2, 0.25) is 0 Å².